The Morgan fingerprint density at radius 3 is 2.84 bits per heavy atom. The average Bonchev–Trinajstić information content (AvgIpc) is 2.51. The summed E-state index contributed by atoms with van der Waals surface area (Å²) >= 11 is 9.55. The molecule has 1 aromatic rings. The summed E-state index contributed by atoms with van der Waals surface area (Å²) in [4.78, 5) is 20.9. The Kier molecular flexibility index (Phi) is 5.58. The van der Waals surface area contributed by atoms with Gasteiger partial charge in [0.25, 0.3) is 0 Å². The molecular formula is C17H23BrClN3O3. The zero-order chi connectivity index (χ0) is 18.2. The first-order chi connectivity index (χ1) is 11.7. The van der Waals surface area contributed by atoms with Crippen molar-refractivity contribution in [3.63, 3.8) is 0 Å². The summed E-state index contributed by atoms with van der Waals surface area (Å²) in [5, 5.41) is 0.434. The first-order valence-electron chi connectivity index (χ1n) is 8.37. The largest absolute Gasteiger partial charge is 0.444 e. The molecule has 0 unspecified atom stereocenters. The monoisotopic (exact) mass is 431 g/mol. The highest BCUT2D eigenvalue weighted by Crippen LogP contribution is 2.33. The lowest BCUT2D eigenvalue weighted by Gasteiger charge is -2.48. The van der Waals surface area contributed by atoms with Gasteiger partial charge in [-0.2, -0.15) is 0 Å². The smallest absolute Gasteiger partial charge is 0.410 e. The van der Waals surface area contributed by atoms with Crippen molar-refractivity contribution in [2.45, 2.75) is 38.5 Å². The molecule has 2 aliphatic heterocycles. The van der Waals surface area contributed by atoms with E-state index < -0.39 is 5.60 Å². The van der Waals surface area contributed by atoms with Crippen LogP contribution < -0.4 is 0 Å². The molecule has 0 aromatic carbocycles. The number of rotatable bonds is 1. The number of halogens is 2. The fourth-order valence-electron chi connectivity index (χ4n) is 3.33. The van der Waals surface area contributed by atoms with Crippen molar-refractivity contribution in [2.24, 2.45) is 0 Å². The Labute approximate surface area is 161 Å². The van der Waals surface area contributed by atoms with E-state index in [9.17, 15) is 4.79 Å². The molecule has 2 aliphatic rings. The van der Waals surface area contributed by atoms with E-state index in [1.807, 2.05) is 32.9 Å². The molecule has 2 fully saturated rings. The number of hydrogen-bond acceptors (Lipinski definition) is 5. The third-order valence-electron chi connectivity index (χ3n) is 4.32. The topological polar surface area (TPSA) is 54.9 Å². The number of carbonyl (C=O) groups excluding carboxylic acids is 1. The second-order valence-electron chi connectivity index (χ2n) is 7.41. The summed E-state index contributed by atoms with van der Waals surface area (Å²) < 4.78 is 11.9. The molecule has 0 aliphatic carbocycles. The highest BCUT2D eigenvalue weighted by molar-refractivity contribution is 9.10. The second-order valence-corrected chi connectivity index (χ2v) is 8.61. The van der Waals surface area contributed by atoms with Gasteiger partial charge in [0.2, 0.25) is 0 Å². The minimum atomic E-state index is -0.518. The Hall–Kier alpha value is -0.890. The summed E-state index contributed by atoms with van der Waals surface area (Å²) in [5.41, 5.74) is 0.516. The number of nitrogens with zero attached hydrogens (tertiary/aromatic N) is 3. The lowest BCUT2D eigenvalue weighted by atomic mass is 9.99. The van der Waals surface area contributed by atoms with Crippen LogP contribution in [-0.2, 0) is 9.47 Å². The van der Waals surface area contributed by atoms with E-state index in [1.165, 1.54) is 0 Å². The van der Waals surface area contributed by atoms with Crippen LogP contribution in [0.2, 0.25) is 5.15 Å². The molecule has 3 heterocycles. The number of fused-ring (bicyclic) bond motifs is 1. The Balaban J connectivity index is 1.87. The molecule has 8 heteroatoms. The van der Waals surface area contributed by atoms with Crippen LogP contribution in [0.3, 0.4) is 0 Å². The van der Waals surface area contributed by atoms with Crippen molar-refractivity contribution in [3.8, 4) is 0 Å². The van der Waals surface area contributed by atoms with Gasteiger partial charge in [0.1, 0.15) is 15.4 Å². The normalized spacial score (nSPS) is 24.8. The van der Waals surface area contributed by atoms with Crippen molar-refractivity contribution in [1.82, 2.24) is 14.8 Å². The van der Waals surface area contributed by atoms with Crippen LogP contribution in [0.15, 0.2) is 16.7 Å². The van der Waals surface area contributed by atoms with E-state index in [-0.39, 0.29) is 18.2 Å². The standard InChI is InChI=1S/C17H23BrClN3O3/c1-17(2,3)25-16(23)21-8-12-10-24-5-4-22(12)13(9-21)11-6-14(18)20-15(19)7-11/h6-7,12-13H,4-5,8-10H2,1-3H3/t12-,13-/m0/s1. The van der Waals surface area contributed by atoms with Gasteiger partial charge in [0.15, 0.2) is 0 Å². The lowest BCUT2D eigenvalue weighted by Crippen LogP contribution is -2.60. The van der Waals surface area contributed by atoms with Crippen LogP contribution in [0.5, 0.6) is 0 Å². The molecule has 0 N–H and O–H groups in total. The van der Waals surface area contributed by atoms with Crippen LogP contribution in [-0.4, -0.2) is 65.4 Å². The van der Waals surface area contributed by atoms with Gasteiger partial charge in [-0.3, -0.25) is 4.90 Å². The number of piperazine rings is 1. The van der Waals surface area contributed by atoms with E-state index in [4.69, 9.17) is 21.1 Å². The van der Waals surface area contributed by atoms with Crippen molar-refractivity contribution in [3.05, 3.63) is 27.5 Å². The average molecular weight is 433 g/mol. The minimum absolute atomic E-state index is 0.0342. The van der Waals surface area contributed by atoms with E-state index in [2.05, 4.69) is 25.8 Å². The number of aromatic nitrogens is 1. The van der Waals surface area contributed by atoms with Gasteiger partial charge in [-0.15, -0.1) is 0 Å². The maximum atomic E-state index is 12.6. The zero-order valence-corrected chi connectivity index (χ0v) is 17.0. The molecule has 0 spiro atoms. The summed E-state index contributed by atoms with van der Waals surface area (Å²) in [7, 11) is 0. The minimum Gasteiger partial charge on any atom is -0.444 e. The summed E-state index contributed by atoms with van der Waals surface area (Å²) in [6.45, 7) is 8.92. The van der Waals surface area contributed by atoms with Crippen molar-refractivity contribution >= 4 is 33.6 Å². The van der Waals surface area contributed by atoms with E-state index in [0.717, 1.165) is 12.1 Å². The molecule has 1 amide bonds. The van der Waals surface area contributed by atoms with Gasteiger partial charge in [-0.05, 0) is 54.4 Å². The maximum Gasteiger partial charge on any atom is 0.410 e. The zero-order valence-electron chi connectivity index (χ0n) is 14.7. The summed E-state index contributed by atoms with van der Waals surface area (Å²) in [5.74, 6) is 0. The molecule has 138 valence electrons. The summed E-state index contributed by atoms with van der Waals surface area (Å²) in [6, 6.07) is 4.00. The SMILES string of the molecule is CC(C)(C)OC(=O)N1C[C@H]2COCCN2[C@H](c2cc(Cl)nc(Br)c2)C1. The first-order valence-corrected chi connectivity index (χ1v) is 9.54. The Morgan fingerprint density at radius 2 is 2.16 bits per heavy atom. The fraction of sp³-hybridized carbons (Fsp3) is 0.647. The number of pyridine rings is 1. The fourth-order valence-corrected chi connectivity index (χ4v) is 4.10. The molecule has 2 saturated heterocycles. The number of ether oxygens (including phenoxy) is 2. The van der Waals surface area contributed by atoms with E-state index >= 15 is 0 Å². The van der Waals surface area contributed by atoms with Crippen molar-refractivity contribution < 1.29 is 14.3 Å². The quantitative estimate of drug-likeness (QED) is 0.636. The molecule has 6 nitrogen and oxygen atoms in total. The first kappa shape index (κ1) is 18.9. The third kappa shape index (κ3) is 4.64. The van der Waals surface area contributed by atoms with Gasteiger partial charge in [-0.1, -0.05) is 11.6 Å². The molecule has 0 bridgehead atoms. The van der Waals surface area contributed by atoms with Crippen molar-refractivity contribution in [1.29, 1.82) is 0 Å². The van der Waals surface area contributed by atoms with Gasteiger partial charge in [-0.25, -0.2) is 9.78 Å². The molecule has 3 rings (SSSR count). The molecule has 1 aromatic heterocycles. The van der Waals surface area contributed by atoms with Crippen LogP contribution in [0, 0.1) is 0 Å². The Bertz CT molecular complexity index is 632. The number of carbonyl (C=O) groups is 1. The lowest BCUT2D eigenvalue weighted by molar-refractivity contribution is -0.0759. The predicted octanol–water partition coefficient (Wildman–Crippen LogP) is 3.49. The third-order valence-corrected chi connectivity index (χ3v) is 4.92. The van der Waals surface area contributed by atoms with Gasteiger partial charge in [0.05, 0.1) is 25.3 Å². The second kappa shape index (κ2) is 7.39. The van der Waals surface area contributed by atoms with Crippen LogP contribution >= 0.6 is 27.5 Å². The van der Waals surface area contributed by atoms with Crippen LogP contribution in [0.25, 0.3) is 0 Å². The van der Waals surface area contributed by atoms with Crippen LogP contribution in [0.1, 0.15) is 32.4 Å². The molecular weight excluding hydrogens is 410 g/mol. The number of amides is 1. The van der Waals surface area contributed by atoms with E-state index in [1.54, 1.807) is 4.90 Å². The molecule has 2 atom stereocenters. The molecule has 0 radical (unpaired) electrons. The highest BCUT2D eigenvalue weighted by Gasteiger charge is 2.40. The highest BCUT2D eigenvalue weighted by atomic mass is 79.9. The van der Waals surface area contributed by atoms with Crippen LogP contribution in [0.4, 0.5) is 4.79 Å². The molecule has 0 saturated carbocycles. The predicted molar refractivity (Wildman–Crippen MR) is 98.8 cm³/mol. The Morgan fingerprint density at radius 1 is 1.40 bits per heavy atom. The van der Waals surface area contributed by atoms with E-state index in [0.29, 0.717) is 36.1 Å². The molecule has 25 heavy (non-hydrogen) atoms. The van der Waals surface area contributed by atoms with Crippen molar-refractivity contribution in [2.75, 3.05) is 32.8 Å². The van der Waals surface area contributed by atoms with Gasteiger partial charge in [0, 0.05) is 19.6 Å². The number of hydrogen-bond donors (Lipinski definition) is 0. The van der Waals surface area contributed by atoms with Gasteiger partial charge >= 0.3 is 6.09 Å². The maximum absolute atomic E-state index is 12.6. The number of morpholine rings is 1. The summed E-state index contributed by atoms with van der Waals surface area (Å²) in [6.07, 6.45) is -0.290. The van der Waals surface area contributed by atoms with Gasteiger partial charge < -0.3 is 14.4 Å².